The van der Waals surface area contributed by atoms with Gasteiger partial charge in [-0.05, 0) is 31.5 Å². The van der Waals surface area contributed by atoms with E-state index >= 15 is 0 Å². The zero-order chi connectivity index (χ0) is 18.6. The molecule has 6 heteroatoms. The second-order valence-electron chi connectivity index (χ2n) is 7.06. The lowest BCUT2D eigenvalue weighted by Gasteiger charge is -2.33. The highest BCUT2D eigenvalue weighted by molar-refractivity contribution is 5.51. The first kappa shape index (κ1) is 18.1. The molecule has 0 saturated carbocycles. The summed E-state index contributed by atoms with van der Waals surface area (Å²) in [4.78, 5) is 2.32. The van der Waals surface area contributed by atoms with Crippen LogP contribution in [0.5, 0.6) is 17.2 Å². The Bertz CT molecular complexity index is 799. The molecule has 1 N–H and O–H groups in total. The molecule has 0 bridgehead atoms. The third-order valence-electron chi connectivity index (χ3n) is 5.21. The van der Waals surface area contributed by atoms with Crippen molar-refractivity contribution in [3.63, 3.8) is 0 Å². The maximum absolute atomic E-state index is 13.9. The van der Waals surface area contributed by atoms with E-state index < -0.39 is 0 Å². The lowest BCUT2D eigenvalue weighted by atomic mass is 10.0. The van der Waals surface area contributed by atoms with Crippen LogP contribution in [0.4, 0.5) is 4.39 Å². The smallest absolute Gasteiger partial charge is 0.231 e. The summed E-state index contributed by atoms with van der Waals surface area (Å²) in [6.07, 6.45) is 2.21. The first-order valence-electron chi connectivity index (χ1n) is 9.38. The van der Waals surface area contributed by atoms with Crippen LogP contribution in [-0.2, 0) is 13.1 Å². The van der Waals surface area contributed by atoms with Gasteiger partial charge in [-0.15, -0.1) is 0 Å². The van der Waals surface area contributed by atoms with Gasteiger partial charge < -0.3 is 19.5 Å². The molecule has 2 heterocycles. The largest absolute Gasteiger partial charge is 0.496 e. The summed E-state index contributed by atoms with van der Waals surface area (Å²) in [5.41, 5.74) is 1.81. The van der Waals surface area contributed by atoms with E-state index in [-0.39, 0.29) is 12.6 Å². The van der Waals surface area contributed by atoms with Gasteiger partial charge in [0.1, 0.15) is 11.6 Å². The Labute approximate surface area is 159 Å². The van der Waals surface area contributed by atoms with E-state index in [0.717, 1.165) is 54.3 Å². The summed E-state index contributed by atoms with van der Waals surface area (Å²) in [5.74, 6) is 2.16. The molecule has 144 valence electrons. The normalized spacial score (nSPS) is 19.3. The maximum Gasteiger partial charge on any atom is 0.231 e. The van der Waals surface area contributed by atoms with E-state index in [4.69, 9.17) is 14.2 Å². The lowest BCUT2D eigenvalue weighted by molar-refractivity contribution is 0.173. The van der Waals surface area contributed by atoms with Crippen LogP contribution in [0.15, 0.2) is 36.4 Å². The number of fused-ring (bicyclic) bond motifs is 1. The van der Waals surface area contributed by atoms with E-state index in [9.17, 15) is 4.39 Å². The van der Waals surface area contributed by atoms with E-state index in [1.807, 2.05) is 24.3 Å². The van der Waals surface area contributed by atoms with Crippen LogP contribution in [0.25, 0.3) is 0 Å². The molecule has 1 saturated heterocycles. The van der Waals surface area contributed by atoms with Crippen molar-refractivity contribution in [3.8, 4) is 17.2 Å². The average Bonchev–Trinajstić information content (AvgIpc) is 3.15. The van der Waals surface area contributed by atoms with Crippen LogP contribution in [0.3, 0.4) is 0 Å². The second kappa shape index (κ2) is 8.15. The van der Waals surface area contributed by atoms with E-state index in [0.29, 0.717) is 19.1 Å². The molecule has 0 unspecified atom stereocenters. The summed E-state index contributed by atoms with van der Waals surface area (Å²) in [5, 5.41) is 3.62. The number of hydrogen-bond acceptors (Lipinski definition) is 5. The van der Waals surface area contributed by atoms with Gasteiger partial charge in [0.15, 0.2) is 11.5 Å². The molecule has 4 rings (SSSR count). The molecule has 0 amide bonds. The summed E-state index contributed by atoms with van der Waals surface area (Å²) in [6, 6.07) is 11.2. The molecule has 27 heavy (non-hydrogen) atoms. The van der Waals surface area contributed by atoms with Crippen molar-refractivity contribution < 1.29 is 18.6 Å². The fourth-order valence-electron chi connectivity index (χ4n) is 3.78. The number of piperidine rings is 1. The van der Waals surface area contributed by atoms with Crippen LogP contribution < -0.4 is 19.5 Å². The average molecular weight is 372 g/mol. The highest BCUT2D eigenvalue weighted by Gasteiger charge is 2.22. The minimum absolute atomic E-state index is 0.127. The fraction of sp³-hybridized carbons (Fsp3) is 0.429. The Morgan fingerprint density at radius 2 is 2.00 bits per heavy atom. The highest BCUT2D eigenvalue weighted by atomic mass is 19.1. The van der Waals surface area contributed by atoms with Gasteiger partial charge in [0.25, 0.3) is 0 Å². The van der Waals surface area contributed by atoms with Crippen LogP contribution >= 0.6 is 0 Å². The molecule has 0 spiro atoms. The molecule has 2 aliphatic rings. The van der Waals surface area contributed by atoms with Crippen molar-refractivity contribution in [2.75, 3.05) is 27.0 Å². The second-order valence-corrected chi connectivity index (χ2v) is 7.06. The zero-order valence-electron chi connectivity index (χ0n) is 15.5. The summed E-state index contributed by atoms with van der Waals surface area (Å²) < 4.78 is 30.3. The lowest BCUT2D eigenvalue weighted by Crippen LogP contribution is -2.45. The van der Waals surface area contributed by atoms with Crippen molar-refractivity contribution in [2.24, 2.45) is 0 Å². The number of methoxy groups -OCH3 is 1. The summed E-state index contributed by atoms with van der Waals surface area (Å²) >= 11 is 0. The van der Waals surface area contributed by atoms with Gasteiger partial charge in [0.2, 0.25) is 6.79 Å². The van der Waals surface area contributed by atoms with Crippen molar-refractivity contribution >= 4 is 0 Å². The standard InChI is InChI=1S/C21H25FN2O3/c1-25-19-10-21-20(26-14-27-21)9-16(19)11-23-17-6-4-8-24(13-17)12-15-5-2-3-7-18(15)22/h2-3,5,7,9-10,17,23H,4,6,8,11-14H2,1H3/t17-/m1/s1. The molecular formula is C21H25FN2O3. The Hall–Kier alpha value is -2.31. The molecule has 0 aliphatic carbocycles. The van der Waals surface area contributed by atoms with Crippen LogP contribution in [0.1, 0.15) is 24.0 Å². The van der Waals surface area contributed by atoms with E-state index in [1.54, 1.807) is 13.2 Å². The maximum atomic E-state index is 13.9. The molecule has 2 aromatic rings. The SMILES string of the molecule is COc1cc2c(cc1CN[C@@H]1CCCN(Cc3ccccc3F)C1)OCO2. The van der Waals surface area contributed by atoms with Gasteiger partial charge in [0.05, 0.1) is 7.11 Å². The van der Waals surface area contributed by atoms with Gasteiger partial charge in [-0.1, -0.05) is 18.2 Å². The van der Waals surface area contributed by atoms with Crippen LogP contribution in [0, 0.1) is 5.82 Å². The van der Waals surface area contributed by atoms with Gasteiger partial charge in [-0.3, -0.25) is 4.90 Å². The number of nitrogens with one attached hydrogen (secondary N) is 1. The van der Waals surface area contributed by atoms with Gasteiger partial charge in [-0.25, -0.2) is 4.39 Å². The Kier molecular flexibility index (Phi) is 5.45. The molecule has 1 fully saturated rings. The zero-order valence-corrected chi connectivity index (χ0v) is 15.5. The highest BCUT2D eigenvalue weighted by Crippen LogP contribution is 2.38. The van der Waals surface area contributed by atoms with Crippen molar-refractivity contribution in [1.82, 2.24) is 10.2 Å². The number of likely N-dealkylation sites (tertiary alicyclic amines) is 1. The Morgan fingerprint density at radius 3 is 2.81 bits per heavy atom. The fourth-order valence-corrected chi connectivity index (χ4v) is 3.78. The number of ether oxygens (including phenoxy) is 3. The Balaban J connectivity index is 1.37. The minimum atomic E-state index is -0.127. The first-order valence-corrected chi connectivity index (χ1v) is 9.38. The predicted molar refractivity (Wildman–Crippen MR) is 101 cm³/mol. The van der Waals surface area contributed by atoms with Gasteiger partial charge in [0, 0.05) is 42.9 Å². The quantitative estimate of drug-likeness (QED) is 0.843. The Morgan fingerprint density at radius 1 is 1.19 bits per heavy atom. The minimum Gasteiger partial charge on any atom is -0.496 e. The number of benzene rings is 2. The van der Waals surface area contributed by atoms with Crippen molar-refractivity contribution in [1.29, 1.82) is 0 Å². The topological polar surface area (TPSA) is 43.0 Å². The summed E-state index contributed by atoms with van der Waals surface area (Å²) in [7, 11) is 1.66. The third kappa shape index (κ3) is 4.17. The number of halogens is 1. The first-order chi connectivity index (χ1) is 13.2. The van der Waals surface area contributed by atoms with Gasteiger partial charge in [-0.2, -0.15) is 0 Å². The van der Waals surface area contributed by atoms with Crippen LogP contribution in [0.2, 0.25) is 0 Å². The molecule has 1 atom stereocenters. The molecule has 0 aromatic heterocycles. The van der Waals surface area contributed by atoms with Gasteiger partial charge >= 0.3 is 0 Å². The van der Waals surface area contributed by atoms with E-state index in [1.165, 1.54) is 6.07 Å². The van der Waals surface area contributed by atoms with Crippen LogP contribution in [-0.4, -0.2) is 37.9 Å². The molecule has 2 aromatic carbocycles. The summed E-state index contributed by atoms with van der Waals surface area (Å²) in [6.45, 7) is 3.50. The molecule has 0 radical (unpaired) electrons. The third-order valence-corrected chi connectivity index (χ3v) is 5.21. The monoisotopic (exact) mass is 372 g/mol. The predicted octanol–water partition coefficient (Wildman–Crippen LogP) is 3.32. The van der Waals surface area contributed by atoms with Crippen molar-refractivity contribution in [3.05, 3.63) is 53.3 Å². The molecule has 2 aliphatic heterocycles. The number of rotatable bonds is 6. The number of nitrogens with zero attached hydrogens (tertiary/aromatic N) is 1. The number of hydrogen-bond donors (Lipinski definition) is 1. The molecule has 5 nitrogen and oxygen atoms in total. The molecular weight excluding hydrogens is 347 g/mol. The van der Waals surface area contributed by atoms with E-state index in [2.05, 4.69) is 10.2 Å². The van der Waals surface area contributed by atoms with Crippen molar-refractivity contribution in [2.45, 2.75) is 32.0 Å².